The first-order chi connectivity index (χ1) is 8.33. The molecule has 0 atom stereocenters. The van der Waals surface area contributed by atoms with Crippen molar-refractivity contribution in [2.24, 2.45) is 0 Å². The quantitative estimate of drug-likeness (QED) is 0.687. The topological polar surface area (TPSA) is 45.8 Å². The van der Waals surface area contributed by atoms with Crippen LogP contribution in [0.2, 0.25) is 0 Å². The monoisotopic (exact) mass is 222 g/mol. The number of nitrogens with zero attached hydrogens (tertiary/aromatic N) is 1. The third kappa shape index (κ3) is 1.83. The molecule has 0 bridgehead atoms. The van der Waals surface area contributed by atoms with Crippen LogP contribution in [0.25, 0.3) is 22.2 Å². The molecule has 0 radical (unpaired) electrons. The van der Waals surface area contributed by atoms with Gasteiger partial charge in [-0.1, -0.05) is 36.4 Å². The molecular formula is C14H10N2O. The summed E-state index contributed by atoms with van der Waals surface area (Å²) in [6.45, 7) is 0. The molecule has 0 spiro atoms. The molecule has 0 unspecified atom stereocenters. The smallest absolute Gasteiger partial charge is 0.266 e. The van der Waals surface area contributed by atoms with Crippen LogP contribution in [0, 0.1) is 0 Å². The Balaban J connectivity index is 2.23. The second-order valence-electron chi connectivity index (χ2n) is 3.85. The molecule has 1 heterocycles. The van der Waals surface area contributed by atoms with Crippen LogP contribution in [0.15, 0.2) is 59.5 Å². The third-order valence-corrected chi connectivity index (χ3v) is 2.68. The maximum atomic E-state index is 11.2. The Morgan fingerprint density at radius 1 is 0.941 bits per heavy atom. The largest absolute Gasteiger partial charge is 0.319 e. The summed E-state index contributed by atoms with van der Waals surface area (Å²) < 4.78 is 0. The van der Waals surface area contributed by atoms with E-state index in [9.17, 15) is 4.79 Å². The van der Waals surface area contributed by atoms with E-state index in [4.69, 9.17) is 0 Å². The molecule has 0 aliphatic carbocycles. The standard InChI is InChI=1S/C14H10N2O/c17-14-9-15-12-7-6-11(8-13(12)16-14)10-4-2-1-3-5-10/h1-9H,(H,16,17). The first-order valence-corrected chi connectivity index (χ1v) is 5.37. The predicted molar refractivity (Wildman–Crippen MR) is 67.8 cm³/mol. The van der Waals surface area contributed by atoms with E-state index in [0.29, 0.717) is 0 Å². The SMILES string of the molecule is O=c1cnc2ccc(-c3ccccc3)cc2[nH]1. The van der Waals surface area contributed by atoms with E-state index in [1.807, 2.05) is 48.5 Å². The molecule has 0 aliphatic rings. The van der Waals surface area contributed by atoms with Gasteiger partial charge in [0.15, 0.2) is 0 Å². The van der Waals surface area contributed by atoms with Crippen molar-refractivity contribution in [1.29, 1.82) is 0 Å². The highest BCUT2D eigenvalue weighted by molar-refractivity contribution is 5.80. The maximum absolute atomic E-state index is 11.2. The van der Waals surface area contributed by atoms with Crippen LogP contribution in [0.3, 0.4) is 0 Å². The molecule has 1 aromatic heterocycles. The summed E-state index contributed by atoms with van der Waals surface area (Å²) in [6.07, 6.45) is 1.30. The van der Waals surface area contributed by atoms with Gasteiger partial charge in [-0.05, 0) is 23.3 Å². The molecule has 3 aromatic rings. The summed E-state index contributed by atoms with van der Waals surface area (Å²) in [7, 11) is 0. The zero-order valence-corrected chi connectivity index (χ0v) is 9.05. The second kappa shape index (κ2) is 3.87. The number of rotatable bonds is 1. The number of hydrogen-bond acceptors (Lipinski definition) is 2. The van der Waals surface area contributed by atoms with Gasteiger partial charge in [0.1, 0.15) is 0 Å². The third-order valence-electron chi connectivity index (χ3n) is 2.68. The molecule has 82 valence electrons. The highest BCUT2D eigenvalue weighted by Crippen LogP contribution is 2.21. The minimum absolute atomic E-state index is 0.178. The number of aromatic amines is 1. The molecule has 0 saturated heterocycles. The fourth-order valence-electron chi connectivity index (χ4n) is 1.85. The van der Waals surface area contributed by atoms with Crippen molar-refractivity contribution in [1.82, 2.24) is 9.97 Å². The van der Waals surface area contributed by atoms with Crippen molar-refractivity contribution in [3.8, 4) is 11.1 Å². The lowest BCUT2D eigenvalue weighted by Gasteiger charge is -2.02. The molecule has 0 saturated carbocycles. The predicted octanol–water partition coefficient (Wildman–Crippen LogP) is 2.59. The van der Waals surface area contributed by atoms with E-state index < -0.39 is 0 Å². The van der Waals surface area contributed by atoms with E-state index in [0.717, 1.165) is 22.2 Å². The van der Waals surface area contributed by atoms with Crippen molar-refractivity contribution in [2.45, 2.75) is 0 Å². The minimum Gasteiger partial charge on any atom is -0.319 e. The summed E-state index contributed by atoms with van der Waals surface area (Å²) in [4.78, 5) is 18.1. The van der Waals surface area contributed by atoms with Gasteiger partial charge in [0.25, 0.3) is 5.56 Å². The van der Waals surface area contributed by atoms with E-state index >= 15 is 0 Å². The minimum atomic E-state index is -0.178. The van der Waals surface area contributed by atoms with Crippen molar-refractivity contribution in [3.05, 3.63) is 65.1 Å². The fraction of sp³-hybridized carbons (Fsp3) is 0. The summed E-state index contributed by atoms with van der Waals surface area (Å²) >= 11 is 0. The molecule has 3 heteroatoms. The van der Waals surface area contributed by atoms with Gasteiger partial charge >= 0.3 is 0 Å². The van der Waals surface area contributed by atoms with Gasteiger partial charge in [-0.25, -0.2) is 4.98 Å². The Morgan fingerprint density at radius 3 is 2.59 bits per heavy atom. The van der Waals surface area contributed by atoms with E-state index in [1.165, 1.54) is 6.20 Å². The molecule has 3 rings (SSSR count). The van der Waals surface area contributed by atoms with Gasteiger partial charge in [-0.15, -0.1) is 0 Å². The number of benzene rings is 2. The normalized spacial score (nSPS) is 10.6. The number of aromatic nitrogens is 2. The molecule has 17 heavy (non-hydrogen) atoms. The summed E-state index contributed by atoms with van der Waals surface area (Å²) in [5, 5.41) is 0. The van der Waals surface area contributed by atoms with Crippen molar-refractivity contribution >= 4 is 11.0 Å². The van der Waals surface area contributed by atoms with Crippen LogP contribution in [-0.4, -0.2) is 9.97 Å². The summed E-state index contributed by atoms with van der Waals surface area (Å²) in [5.74, 6) is 0. The van der Waals surface area contributed by atoms with Crippen LogP contribution < -0.4 is 5.56 Å². The Hall–Kier alpha value is -2.42. The van der Waals surface area contributed by atoms with E-state index in [-0.39, 0.29) is 5.56 Å². The van der Waals surface area contributed by atoms with Gasteiger partial charge in [-0.2, -0.15) is 0 Å². The van der Waals surface area contributed by atoms with Crippen molar-refractivity contribution < 1.29 is 0 Å². The van der Waals surface area contributed by atoms with Gasteiger partial charge < -0.3 is 4.98 Å². The Kier molecular flexibility index (Phi) is 2.22. The number of H-pyrrole nitrogens is 1. The Bertz CT molecular complexity index is 717. The highest BCUT2D eigenvalue weighted by Gasteiger charge is 2.00. The molecule has 2 aromatic carbocycles. The highest BCUT2D eigenvalue weighted by atomic mass is 16.1. The van der Waals surface area contributed by atoms with Crippen molar-refractivity contribution in [2.75, 3.05) is 0 Å². The lowest BCUT2D eigenvalue weighted by Crippen LogP contribution is -2.04. The van der Waals surface area contributed by atoms with Crippen LogP contribution in [-0.2, 0) is 0 Å². The first kappa shape index (κ1) is 9.78. The van der Waals surface area contributed by atoms with E-state index in [2.05, 4.69) is 9.97 Å². The van der Waals surface area contributed by atoms with Crippen LogP contribution >= 0.6 is 0 Å². The number of nitrogens with one attached hydrogen (secondary N) is 1. The average molecular weight is 222 g/mol. The molecular weight excluding hydrogens is 212 g/mol. The summed E-state index contributed by atoms with van der Waals surface area (Å²) in [5.41, 5.74) is 3.58. The lowest BCUT2D eigenvalue weighted by atomic mass is 10.1. The zero-order chi connectivity index (χ0) is 11.7. The number of hydrogen-bond donors (Lipinski definition) is 1. The maximum Gasteiger partial charge on any atom is 0.266 e. The van der Waals surface area contributed by atoms with Gasteiger partial charge in [0.05, 0.1) is 17.2 Å². The molecule has 1 N–H and O–H groups in total. The second-order valence-corrected chi connectivity index (χ2v) is 3.85. The molecule has 0 fully saturated rings. The van der Waals surface area contributed by atoms with Gasteiger partial charge in [-0.3, -0.25) is 4.79 Å². The van der Waals surface area contributed by atoms with Crippen molar-refractivity contribution in [3.63, 3.8) is 0 Å². The van der Waals surface area contributed by atoms with Crippen LogP contribution in [0.4, 0.5) is 0 Å². The van der Waals surface area contributed by atoms with Gasteiger partial charge in [0, 0.05) is 0 Å². The zero-order valence-electron chi connectivity index (χ0n) is 9.05. The lowest BCUT2D eigenvalue weighted by molar-refractivity contribution is 1.22. The Labute approximate surface area is 97.8 Å². The summed E-state index contributed by atoms with van der Waals surface area (Å²) in [6, 6.07) is 15.9. The van der Waals surface area contributed by atoms with Gasteiger partial charge in [0.2, 0.25) is 0 Å². The Morgan fingerprint density at radius 2 is 1.76 bits per heavy atom. The van der Waals surface area contributed by atoms with E-state index in [1.54, 1.807) is 0 Å². The first-order valence-electron chi connectivity index (χ1n) is 5.37. The van der Waals surface area contributed by atoms with Crippen LogP contribution in [0.1, 0.15) is 0 Å². The molecule has 0 amide bonds. The number of fused-ring (bicyclic) bond motifs is 1. The fourth-order valence-corrected chi connectivity index (χ4v) is 1.85. The molecule has 0 aliphatic heterocycles. The van der Waals surface area contributed by atoms with Crippen LogP contribution in [0.5, 0.6) is 0 Å². The average Bonchev–Trinajstić information content (AvgIpc) is 2.39. The molecule has 3 nitrogen and oxygen atoms in total.